The number of amides is 2. The summed E-state index contributed by atoms with van der Waals surface area (Å²) in [6.07, 6.45) is 3.37. The van der Waals surface area contributed by atoms with Gasteiger partial charge >= 0.3 is 6.03 Å². The highest BCUT2D eigenvalue weighted by atomic mass is 16.2. The monoisotopic (exact) mass is 385 g/mol. The first-order chi connectivity index (χ1) is 14.0. The van der Waals surface area contributed by atoms with Crippen molar-refractivity contribution in [2.45, 2.75) is 13.8 Å². The van der Waals surface area contributed by atoms with Crippen LogP contribution in [0.4, 0.5) is 16.3 Å². The van der Waals surface area contributed by atoms with Gasteiger partial charge in [-0.2, -0.15) is 0 Å². The van der Waals surface area contributed by atoms with Gasteiger partial charge in [-0.15, -0.1) is 0 Å². The van der Waals surface area contributed by atoms with E-state index in [2.05, 4.69) is 20.6 Å². The molecule has 0 atom stereocenters. The number of carbonyl (C=O) groups excluding carboxylic acids is 1. The summed E-state index contributed by atoms with van der Waals surface area (Å²) in [7, 11) is 0. The molecular weight excluding hydrogens is 366 g/mol. The molecule has 0 radical (unpaired) electrons. The topological polar surface area (TPSA) is 88.4 Å². The van der Waals surface area contributed by atoms with Crippen LogP contribution in [0, 0.1) is 13.8 Å². The summed E-state index contributed by atoms with van der Waals surface area (Å²) in [5.74, 6) is 0.436. The molecule has 0 aliphatic heterocycles. The molecule has 29 heavy (non-hydrogen) atoms. The second-order valence-electron chi connectivity index (χ2n) is 6.71. The number of aromatic nitrogens is 3. The first kappa shape index (κ1) is 18.4. The lowest BCUT2D eigenvalue weighted by molar-refractivity contribution is 0.262. The van der Waals surface area contributed by atoms with E-state index in [0.717, 1.165) is 22.4 Å². The van der Waals surface area contributed by atoms with Crippen molar-refractivity contribution in [1.29, 1.82) is 0 Å². The molecule has 7 nitrogen and oxygen atoms in total. The highest BCUT2D eigenvalue weighted by Crippen LogP contribution is 2.21. The van der Waals surface area contributed by atoms with Crippen LogP contribution in [0.5, 0.6) is 0 Å². The van der Waals surface area contributed by atoms with Crippen LogP contribution in [-0.4, -0.2) is 20.4 Å². The van der Waals surface area contributed by atoms with Gasteiger partial charge in [0.05, 0.1) is 0 Å². The summed E-state index contributed by atoms with van der Waals surface area (Å²) < 4.78 is 1.50. The van der Waals surface area contributed by atoms with Crippen molar-refractivity contribution >= 4 is 23.2 Å². The molecule has 2 N–H and O–H groups in total. The fraction of sp³-hybridized carbons (Fsp3) is 0.0909. The van der Waals surface area contributed by atoms with Gasteiger partial charge in [-0.25, -0.2) is 14.8 Å². The maximum absolute atomic E-state index is 12.2. The highest BCUT2D eigenvalue weighted by molar-refractivity contribution is 5.99. The molecule has 0 bridgehead atoms. The number of urea groups is 1. The van der Waals surface area contributed by atoms with Crippen LogP contribution < -0.4 is 16.2 Å². The Bertz CT molecular complexity index is 1260. The number of anilines is 2. The Hall–Kier alpha value is -4.00. The van der Waals surface area contributed by atoms with E-state index in [0.29, 0.717) is 17.2 Å². The zero-order chi connectivity index (χ0) is 20.4. The fourth-order valence-electron chi connectivity index (χ4n) is 3.02. The Morgan fingerprint density at radius 2 is 1.79 bits per heavy atom. The number of pyridine rings is 2. The van der Waals surface area contributed by atoms with E-state index in [4.69, 9.17) is 0 Å². The van der Waals surface area contributed by atoms with E-state index in [1.54, 1.807) is 25.4 Å². The number of benzene rings is 1. The third-order valence-electron chi connectivity index (χ3n) is 4.53. The van der Waals surface area contributed by atoms with Crippen LogP contribution in [-0.2, 0) is 0 Å². The molecule has 2 amide bonds. The molecule has 7 heteroatoms. The third kappa shape index (κ3) is 3.98. The van der Waals surface area contributed by atoms with Crippen LogP contribution in [0.15, 0.2) is 71.8 Å². The number of hydrogen-bond donors (Lipinski definition) is 2. The summed E-state index contributed by atoms with van der Waals surface area (Å²) in [5.41, 5.74) is 4.59. The second kappa shape index (κ2) is 7.55. The lowest BCUT2D eigenvalue weighted by atomic mass is 10.1. The van der Waals surface area contributed by atoms with E-state index in [1.165, 1.54) is 10.5 Å². The number of carbonyl (C=O) groups is 1. The number of nitrogens with one attached hydrogen (secondary N) is 2. The van der Waals surface area contributed by atoms with Crippen LogP contribution >= 0.6 is 0 Å². The average Bonchev–Trinajstić information content (AvgIpc) is 2.70. The molecule has 3 aromatic heterocycles. The minimum Gasteiger partial charge on any atom is -0.307 e. The molecule has 144 valence electrons. The van der Waals surface area contributed by atoms with E-state index in [9.17, 15) is 9.59 Å². The van der Waals surface area contributed by atoms with Crippen molar-refractivity contribution in [2.75, 3.05) is 10.6 Å². The summed E-state index contributed by atoms with van der Waals surface area (Å²) in [6, 6.07) is 15.9. The quantitative estimate of drug-likeness (QED) is 0.558. The maximum atomic E-state index is 12.2. The van der Waals surface area contributed by atoms with Gasteiger partial charge in [0.2, 0.25) is 0 Å². The lowest BCUT2D eigenvalue weighted by Gasteiger charge is -2.10. The van der Waals surface area contributed by atoms with Crippen LogP contribution in [0.25, 0.3) is 16.8 Å². The Kier molecular flexibility index (Phi) is 4.78. The third-order valence-corrected chi connectivity index (χ3v) is 4.53. The predicted octanol–water partition coefficient (Wildman–Crippen LogP) is 4.02. The van der Waals surface area contributed by atoms with Crippen LogP contribution in [0.2, 0.25) is 0 Å². The number of aryl methyl sites for hydroxylation is 2. The Balaban J connectivity index is 1.52. The predicted molar refractivity (Wildman–Crippen MR) is 113 cm³/mol. The van der Waals surface area contributed by atoms with E-state index in [1.807, 2.05) is 49.4 Å². The molecular formula is C22H19N5O2. The highest BCUT2D eigenvalue weighted by Gasteiger charge is 2.07. The Morgan fingerprint density at radius 3 is 2.55 bits per heavy atom. The van der Waals surface area contributed by atoms with Gasteiger partial charge in [-0.05, 0) is 55.3 Å². The molecule has 3 heterocycles. The fourth-order valence-corrected chi connectivity index (χ4v) is 3.02. The number of hydrogen-bond acceptors (Lipinski definition) is 4. The molecule has 1 aromatic carbocycles. The molecule has 0 aliphatic carbocycles. The molecule has 4 aromatic rings. The lowest BCUT2D eigenvalue weighted by Crippen LogP contribution is -2.20. The van der Waals surface area contributed by atoms with Crippen molar-refractivity contribution in [3.63, 3.8) is 0 Å². The van der Waals surface area contributed by atoms with E-state index < -0.39 is 0 Å². The van der Waals surface area contributed by atoms with Gasteiger partial charge in [0, 0.05) is 35.4 Å². The largest absolute Gasteiger partial charge is 0.324 e. The van der Waals surface area contributed by atoms with Crippen molar-refractivity contribution in [2.24, 2.45) is 0 Å². The van der Waals surface area contributed by atoms with Crippen molar-refractivity contribution in [3.05, 3.63) is 88.6 Å². The molecule has 0 saturated carbocycles. The molecule has 0 unspecified atom stereocenters. The van der Waals surface area contributed by atoms with Crippen molar-refractivity contribution < 1.29 is 4.79 Å². The standard InChI is InChI=1S/C22H19N5O2/c1-14-5-3-4-6-18(14)25-22(29)26-19-8-7-17(13-23-19)16-9-10-27-20(12-16)24-15(2)11-21(27)28/h3-13H,1-2H3,(H2,23,25,26,29). The first-order valence-electron chi connectivity index (χ1n) is 9.10. The zero-order valence-corrected chi connectivity index (χ0v) is 16.0. The molecule has 0 aliphatic rings. The van der Waals surface area contributed by atoms with Gasteiger partial charge in [-0.3, -0.25) is 14.5 Å². The second-order valence-corrected chi connectivity index (χ2v) is 6.71. The van der Waals surface area contributed by atoms with E-state index >= 15 is 0 Å². The van der Waals surface area contributed by atoms with E-state index in [-0.39, 0.29) is 11.6 Å². The summed E-state index contributed by atoms with van der Waals surface area (Å²) in [5, 5.41) is 5.53. The van der Waals surface area contributed by atoms with Crippen molar-refractivity contribution in [3.8, 4) is 11.1 Å². The SMILES string of the molecule is Cc1cc(=O)n2ccc(-c3ccc(NC(=O)Nc4ccccc4C)nc3)cc2n1. The van der Waals surface area contributed by atoms with Gasteiger partial charge in [-0.1, -0.05) is 18.2 Å². The number of para-hydroxylation sites is 1. The summed E-state index contributed by atoms with van der Waals surface area (Å²) >= 11 is 0. The van der Waals surface area contributed by atoms with Gasteiger partial charge in [0.25, 0.3) is 5.56 Å². The zero-order valence-electron chi connectivity index (χ0n) is 16.0. The first-order valence-corrected chi connectivity index (χ1v) is 9.10. The number of fused-ring (bicyclic) bond motifs is 1. The normalized spacial score (nSPS) is 10.7. The Labute approximate surface area is 167 Å². The van der Waals surface area contributed by atoms with Crippen LogP contribution in [0.1, 0.15) is 11.3 Å². The van der Waals surface area contributed by atoms with Gasteiger partial charge in [0.15, 0.2) is 0 Å². The summed E-state index contributed by atoms with van der Waals surface area (Å²) in [6.45, 7) is 3.72. The van der Waals surface area contributed by atoms with Gasteiger partial charge in [0.1, 0.15) is 11.5 Å². The van der Waals surface area contributed by atoms with Crippen molar-refractivity contribution in [1.82, 2.24) is 14.4 Å². The van der Waals surface area contributed by atoms with Gasteiger partial charge < -0.3 is 5.32 Å². The minimum atomic E-state index is -0.357. The number of nitrogens with zero attached hydrogens (tertiary/aromatic N) is 3. The summed E-state index contributed by atoms with van der Waals surface area (Å²) in [4.78, 5) is 32.9. The molecule has 0 fully saturated rings. The molecule has 0 saturated heterocycles. The minimum absolute atomic E-state index is 0.114. The average molecular weight is 385 g/mol. The van der Waals surface area contributed by atoms with Crippen LogP contribution in [0.3, 0.4) is 0 Å². The number of rotatable bonds is 3. The molecule has 4 rings (SSSR count). The molecule has 0 spiro atoms. The Morgan fingerprint density at radius 1 is 0.966 bits per heavy atom. The smallest absolute Gasteiger partial charge is 0.307 e. The maximum Gasteiger partial charge on any atom is 0.324 e.